The second-order valence-electron chi connectivity index (χ2n) is 5.31. The first kappa shape index (κ1) is 15.8. The Hall–Kier alpha value is -1.30. The second-order valence-corrected chi connectivity index (χ2v) is 5.31. The summed E-state index contributed by atoms with van der Waals surface area (Å²) >= 11 is 0. The van der Waals surface area contributed by atoms with Gasteiger partial charge in [0.15, 0.2) is 0 Å². The maximum absolute atomic E-state index is 12.1. The van der Waals surface area contributed by atoms with Crippen molar-refractivity contribution in [3.8, 4) is 0 Å². The number of ether oxygens (including phenoxy) is 1. The average Bonchev–Trinajstić information content (AvgIpc) is 2.36. The monoisotopic (exact) mass is 272 g/mol. The number of aliphatic carboxylic acids is 1. The molecule has 0 aromatic carbocycles. The first-order chi connectivity index (χ1) is 8.95. The van der Waals surface area contributed by atoms with E-state index in [1.165, 1.54) is 7.11 Å². The molecule has 0 aromatic rings. The molecular weight excluding hydrogens is 248 g/mol. The van der Waals surface area contributed by atoms with Crippen molar-refractivity contribution in [3.63, 3.8) is 0 Å². The summed E-state index contributed by atoms with van der Waals surface area (Å²) in [5.74, 6) is -0.563. The predicted molar refractivity (Wildman–Crippen MR) is 71.0 cm³/mol. The van der Waals surface area contributed by atoms with Crippen LogP contribution in [0, 0.1) is 5.92 Å². The summed E-state index contributed by atoms with van der Waals surface area (Å²) < 4.78 is 4.86. The zero-order valence-electron chi connectivity index (χ0n) is 11.9. The van der Waals surface area contributed by atoms with E-state index in [9.17, 15) is 9.59 Å². The molecule has 1 aliphatic heterocycles. The molecule has 6 nitrogen and oxygen atoms in total. The summed E-state index contributed by atoms with van der Waals surface area (Å²) in [7, 11) is 1.51. The number of urea groups is 1. The molecule has 1 aliphatic rings. The summed E-state index contributed by atoms with van der Waals surface area (Å²) in [5.41, 5.74) is 0. The van der Waals surface area contributed by atoms with E-state index in [1.54, 1.807) is 4.90 Å². The van der Waals surface area contributed by atoms with E-state index in [4.69, 9.17) is 9.84 Å². The summed E-state index contributed by atoms with van der Waals surface area (Å²) in [6.45, 7) is 5.09. The fourth-order valence-corrected chi connectivity index (χ4v) is 2.30. The molecule has 2 N–H and O–H groups in total. The van der Waals surface area contributed by atoms with Crippen LogP contribution in [0.3, 0.4) is 0 Å². The van der Waals surface area contributed by atoms with Gasteiger partial charge in [-0.25, -0.2) is 9.59 Å². The van der Waals surface area contributed by atoms with E-state index in [-0.39, 0.29) is 18.5 Å². The quantitative estimate of drug-likeness (QED) is 0.791. The van der Waals surface area contributed by atoms with Crippen LogP contribution in [0.4, 0.5) is 4.79 Å². The van der Waals surface area contributed by atoms with Gasteiger partial charge in [0.25, 0.3) is 0 Å². The first-order valence-corrected chi connectivity index (χ1v) is 6.74. The highest BCUT2D eigenvalue weighted by Crippen LogP contribution is 2.21. The van der Waals surface area contributed by atoms with E-state index < -0.39 is 12.0 Å². The maximum atomic E-state index is 12.1. The zero-order valence-corrected chi connectivity index (χ0v) is 11.9. The zero-order chi connectivity index (χ0) is 14.4. The van der Waals surface area contributed by atoms with Crippen LogP contribution in [0.15, 0.2) is 0 Å². The third-order valence-corrected chi connectivity index (χ3v) is 3.58. The molecule has 0 saturated carbocycles. The van der Waals surface area contributed by atoms with E-state index in [0.717, 1.165) is 12.8 Å². The highest BCUT2D eigenvalue weighted by molar-refractivity contribution is 5.82. The lowest BCUT2D eigenvalue weighted by atomic mass is 9.95. The number of carboxylic acids is 1. The molecule has 6 heteroatoms. The summed E-state index contributed by atoms with van der Waals surface area (Å²) in [6, 6.07) is -1.02. The number of methoxy groups -OCH3 is 1. The van der Waals surface area contributed by atoms with E-state index in [0.29, 0.717) is 19.1 Å². The largest absolute Gasteiger partial charge is 0.480 e. The molecule has 1 rings (SSSR count). The Bertz CT molecular complexity index is 322. The number of likely N-dealkylation sites (tertiary alicyclic amines) is 1. The number of piperidine rings is 1. The Morgan fingerprint density at radius 3 is 2.68 bits per heavy atom. The minimum Gasteiger partial charge on any atom is -0.480 e. The molecule has 0 bridgehead atoms. The van der Waals surface area contributed by atoms with Gasteiger partial charge in [-0.2, -0.15) is 0 Å². The molecule has 0 radical (unpaired) electrons. The molecular formula is C13H24N2O4. The minimum atomic E-state index is -1.02. The Kier molecular flexibility index (Phi) is 6.08. The number of carbonyl (C=O) groups excluding carboxylic acids is 1. The lowest BCUT2D eigenvalue weighted by Gasteiger charge is -2.37. The minimum absolute atomic E-state index is 0.160. The summed E-state index contributed by atoms with van der Waals surface area (Å²) in [6.07, 6.45) is 2.34. The van der Waals surface area contributed by atoms with Crippen LogP contribution in [0.25, 0.3) is 0 Å². The fraction of sp³-hybridized carbons (Fsp3) is 0.846. The first-order valence-electron chi connectivity index (χ1n) is 6.74. The van der Waals surface area contributed by atoms with Crippen molar-refractivity contribution in [3.05, 3.63) is 0 Å². The molecule has 19 heavy (non-hydrogen) atoms. The smallest absolute Gasteiger partial charge is 0.326 e. The molecule has 1 fully saturated rings. The van der Waals surface area contributed by atoms with Crippen molar-refractivity contribution in [1.29, 1.82) is 0 Å². The van der Waals surface area contributed by atoms with Gasteiger partial charge in [-0.1, -0.05) is 6.92 Å². The van der Waals surface area contributed by atoms with Crippen molar-refractivity contribution < 1.29 is 19.4 Å². The topological polar surface area (TPSA) is 78.9 Å². The molecule has 0 aromatic heterocycles. The van der Waals surface area contributed by atoms with Crippen molar-refractivity contribution in [2.45, 2.75) is 45.2 Å². The Labute approximate surface area is 114 Å². The summed E-state index contributed by atoms with van der Waals surface area (Å²) in [5, 5.41) is 11.7. The van der Waals surface area contributed by atoms with Gasteiger partial charge in [-0.3, -0.25) is 0 Å². The number of nitrogens with zero attached hydrogens (tertiary/aromatic N) is 1. The predicted octanol–water partition coefficient (Wildman–Crippen LogP) is 1.31. The van der Waals surface area contributed by atoms with Gasteiger partial charge in [0.1, 0.15) is 6.04 Å². The number of rotatable bonds is 5. The van der Waals surface area contributed by atoms with Crippen LogP contribution < -0.4 is 5.32 Å². The van der Waals surface area contributed by atoms with Crippen LogP contribution in [0.2, 0.25) is 0 Å². The van der Waals surface area contributed by atoms with Gasteiger partial charge in [0, 0.05) is 32.7 Å². The van der Waals surface area contributed by atoms with E-state index in [1.807, 2.05) is 6.92 Å². The third-order valence-electron chi connectivity index (χ3n) is 3.58. The van der Waals surface area contributed by atoms with Gasteiger partial charge in [0.05, 0.1) is 0 Å². The van der Waals surface area contributed by atoms with Gasteiger partial charge >= 0.3 is 12.0 Å². The Morgan fingerprint density at radius 1 is 1.42 bits per heavy atom. The number of carbonyl (C=O) groups is 2. The number of nitrogens with one attached hydrogen (secondary N) is 1. The Morgan fingerprint density at radius 2 is 2.11 bits per heavy atom. The van der Waals surface area contributed by atoms with Crippen molar-refractivity contribution >= 4 is 12.0 Å². The van der Waals surface area contributed by atoms with E-state index >= 15 is 0 Å². The maximum Gasteiger partial charge on any atom is 0.326 e. The highest BCUT2D eigenvalue weighted by Gasteiger charge is 2.29. The van der Waals surface area contributed by atoms with Crippen LogP contribution in [0.1, 0.15) is 33.1 Å². The summed E-state index contributed by atoms with van der Waals surface area (Å²) in [4.78, 5) is 25.0. The van der Waals surface area contributed by atoms with Gasteiger partial charge < -0.3 is 20.1 Å². The molecule has 1 heterocycles. The fourth-order valence-electron chi connectivity index (χ4n) is 2.30. The van der Waals surface area contributed by atoms with Crippen LogP contribution >= 0.6 is 0 Å². The molecule has 0 spiro atoms. The number of carboxylic acid groups (broad SMARTS) is 1. The molecule has 2 amide bonds. The van der Waals surface area contributed by atoms with Gasteiger partial charge in [0.2, 0.25) is 0 Å². The third kappa shape index (κ3) is 4.70. The lowest BCUT2D eigenvalue weighted by molar-refractivity contribution is -0.139. The molecule has 3 atom stereocenters. The lowest BCUT2D eigenvalue weighted by Crippen LogP contribution is -2.53. The molecule has 110 valence electrons. The van der Waals surface area contributed by atoms with Crippen molar-refractivity contribution in [2.24, 2.45) is 5.92 Å². The normalized spacial score (nSPS) is 24.9. The van der Waals surface area contributed by atoms with Crippen molar-refractivity contribution in [2.75, 3.05) is 20.3 Å². The number of amides is 2. The molecule has 0 aliphatic carbocycles. The van der Waals surface area contributed by atoms with Crippen LogP contribution in [0.5, 0.6) is 0 Å². The highest BCUT2D eigenvalue weighted by atomic mass is 16.5. The van der Waals surface area contributed by atoms with E-state index in [2.05, 4.69) is 12.2 Å². The van der Waals surface area contributed by atoms with Crippen LogP contribution in [-0.4, -0.2) is 54.4 Å². The Balaban J connectivity index is 2.57. The van der Waals surface area contributed by atoms with Crippen LogP contribution in [-0.2, 0) is 9.53 Å². The average molecular weight is 272 g/mol. The number of hydrogen-bond acceptors (Lipinski definition) is 3. The van der Waals surface area contributed by atoms with Crippen molar-refractivity contribution in [1.82, 2.24) is 10.2 Å². The SMILES string of the molecule is COCCC(NC(=O)N1CC(C)CCC1C)C(=O)O. The number of hydrogen-bond donors (Lipinski definition) is 2. The second kappa shape index (κ2) is 7.33. The molecule has 3 unspecified atom stereocenters. The van der Waals surface area contributed by atoms with Gasteiger partial charge in [-0.05, 0) is 25.7 Å². The molecule has 1 saturated heterocycles. The van der Waals surface area contributed by atoms with Gasteiger partial charge in [-0.15, -0.1) is 0 Å². The standard InChI is InChI=1S/C13H24N2O4/c1-9-4-5-10(2)15(8-9)13(18)14-11(12(16)17)6-7-19-3/h9-11H,4-8H2,1-3H3,(H,14,18)(H,16,17).